The molecule has 6 heteroatoms. The summed E-state index contributed by atoms with van der Waals surface area (Å²) in [4.78, 5) is 23.5. The largest absolute Gasteiger partial charge is 0.481 e. The number of halogens is 1. The molecule has 2 heterocycles. The van der Waals surface area contributed by atoms with Crippen LogP contribution in [0.1, 0.15) is 5.56 Å². The number of aliphatic carboxylic acids is 1. The van der Waals surface area contributed by atoms with Gasteiger partial charge in [0.05, 0.1) is 18.1 Å². The van der Waals surface area contributed by atoms with Crippen molar-refractivity contribution in [3.05, 3.63) is 47.8 Å². The van der Waals surface area contributed by atoms with E-state index in [1.165, 1.54) is 12.1 Å². The van der Waals surface area contributed by atoms with Crippen LogP contribution in [0.25, 0.3) is 0 Å². The van der Waals surface area contributed by atoms with E-state index < -0.39 is 30.0 Å². The van der Waals surface area contributed by atoms with Crippen molar-refractivity contribution in [3.63, 3.8) is 0 Å². The smallest absolute Gasteiger partial charge is 0.310 e. The zero-order valence-electron chi connectivity index (χ0n) is 11.0. The molecule has 1 amide bonds. The number of carbonyl (C=O) groups is 2. The number of carboxylic acid groups (broad SMARTS) is 1. The molecule has 5 nitrogen and oxygen atoms in total. The number of rotatable bonds is 4. The third-order valence-electron chi connectivity index (χ3n) is 3.87. The number of carbonyl (C=O) groups excluding carboxylic acids is 1. The highest BCUT2D eigenvalue weighted by Crippen LogP contribution is 2.39. The normalized spacial score (nSPS) is 29.6. The van der Waals surface area contributed by atoms with Gasteiger partial charge in [0, 0.05) is 6.54 Å². The molecule has 21 heavy (non-hydrogen) atoms. The maximum Gasteiger partial charge on any atom is 0.310 e. The summed E-state index contributed by atoms with van der Waals surface area (Å²) in [6.45, 7) is 0.225. The molecule has 0 spiro atoms. The Balaban J connectivity index is 1.66. The zero-order chi connectivity index (χ0) is 15.0. The first-order valence-electron chi connectivity index (χ1n) is 6.65. The highest BCUT2D eigenvalue weighted by Gasteiger charge is 2.53. The lowest BCUT2D eigenvalue weighted by atomic mass is 9.82. The maximum atomic E-state index is 12.8. The zero-order valence-corrected chi connectivity index (χ0v) is 11.0. The number of nitrogens with one attached hydrogen (secondary N) is 1. The number of benzene rings is 1. The number of fused-ring (bicyclic) bond motifs is 2. The van der Waals surface area contributed by atoms with Crippen molar-refractivity contribution in [3.8, 4) is 0 Å². The molecular formula is C15H14FNO4. The molecule has 1 fully saturated rings. The Morgan fingerprint density at radius 2 is 1.76 bits per heavy atom. The standard InChI is InChI=1S/C15H14FNO4/c16-9-3-1-8(2-4-9)7-17-14(18)12-10-5-6-11(21-10)13(12)15(19)20/h1-6,10-13H,7H2,(H,17,18)(H,19,20)/t10-,11-,12-,13+/m1/s1. The minimum Gasteiger partial charge on any atom is -0.481 e. The molecule has 1 aromatic carbocycles. The van der Waals surface area contributed by atoms with Gasteiger partial charge >= 0.3 is 5.97 Å². The van der Waals surface area contributed by atoms with Crippen molar-refractivity contribution in [2.24, 2.45) is 11.8 Å². The second kappa shape index (κ2) is 5.29. The van der Waals surface area contributed by atoms with Gasteiger partial charge in [-0.3, -0.25) is 9.59 Å². The molecule has 110 valence electrons. The topological polar surface area (TPSA) is 75.6 Å². The highest BCUT2D eigenvalue weighted by atomic mass is 19.1. The Hall–Kier alpha value is -2.21. The van der Waals surface area contributed by atoms with Gasteiger partial charge in [-0.25, -0.2) is 4.39 Å². The van der Waals surface area contributed by atoms with Gasteiger partial charge < -0.3 is 15.2 Å². The van der Waals surface area contributed by atoms with Gasteiger partial charge in [-0.05, 0) is 17.7 Å². The minimum absolute atomic E-state index is 0.225. The van der Waals surface area contributed by atoms with Crippen molar-refractivity contribution < 1.29 is 23.8 Å². The molecule has 2 aliphatic rings. The van der Waals surface area contributed by atoms with Crippen LogP contribution in [0.15, 0.2) is 36.4 Å². The molecular weight excluding hydrogens is 277 g/mol. The summed E-state index contributed by atoms with van der Waals surface area (Å²) in [5.41, 5.74) is 0.747. The molecule has 2 bridgehead atoms. The van der Waals surface area contributed by atoms with E-state index in [9.17, 15) is 19.1 Å². The third kappa shape index (κ3) is 2.54. The van der Waals surface area contributed by atoms with Crippen molar-refractivity contribution >= 4 is 11.9 Å². The molecule has 0 aromatic heterocycles. The highest BCUT2D eigenvalue weighted by molar-refractivity contribution is 5.87. The maximum absolute atomic E-state index is 12.8. The Labute approximate surface area is 120 Å². The Bertz CT molecular complexity index is 598. The van der Waals surface area contributed by atoms with Crippen LogP contribution >= 0.6 is 0 Å². The van der Waals surface area contributed by atoms with Crippen molar-refractivity contribution in [1.29, 1.82) is 0 Å². The van der Waals surface area contributed by atoms with Crippen LogP contribution in [0, 0.1) is 17.7 Å². The summed E-state index contributed by atoms with van der Waals surface area (Å²) in [7, 11) is 0. The lowest BCUT2D eigenvalue weighted by Crippen LogP contribution is -2.42. The Morgan fingerprint density at radius 3 is 2.38 bits per heavy atom. The van der Waals surface area contributed by atoms with Gasteiger partial charge in [-0.2, -0.15) is 0 Å². The molecule has 0 unspecified atom stereocenters. The number of amides is 1. The van der Waals surface area contributed by atoms with E-state index >= 15 is 0 Å². The van der Waals surface area contributed by atoms with Crippen molar-refractivity contribution in [1.82, 2.24) is 5.32 Å². The molecule has 0 aliphatic carbocycles. The van der Waals surface area contributed by atoms with Crippen LogP contribution in [0.4, 0.5) is 4.39 Å². The van der Waals surface area contributed by atoms with E-state index in [1.807, 2.05) is 0 Å². The van der Waals surface area contributed by atoms with Gasteiger partial charge in [0.25, 0.3) is 0 Å². The molecule has 0 radical (unpaired) electrons. The minimum atomic E-state index is -1.03. The number of carboxylic acids is 1. The number of hydrogen-bond acceptors (Lipinski definition) is 3. The van der Waals surface area contributed by atoms with Crippen LogP contribution < -0.4 is 5.32 Å². The van der Waals surface area contributed by atoms with E-state index in [0.29, 0.717) is 0 Å². The lowest BCUT2D eigenvalue weighted by molar-refractivity contribution is -0.146. The average Bonchev–Trinajstić information content (AvgIpc) is 3.06. The molecule has 4 atom stereocenters. The van der Waals surface area contributed by atoms with Gasteiger partial charge in [-0.15, -0.1) is 0 Å². The summed E-state index contributed by atoms with van der Waals surface area (Å²) in [6.07, 6.45) is 2.40. The van der Waals surface area contributed by atoms with Gasteiger partial charge in [0.1, 0.15) is 11.7 Å². The van der Waals surface area contributed by atoms with E-state index in [1.54, 1.807) is 24.3 Å². The van der Waals surface area contributed by atoms with Crippen molar-refractivity contribution in [2.75, 3.05) is 0 Å². The fraction of sp³-hybridized carbons (Fsp3) is 0.333. The number of ether oxygens (including phenoxy) is 1. The van der Waals surface area contributed by atoms with Gasteiger partial charge in [-0.1, -0.05) is 24.3 Å². The SMILES string of the molecule is O=C(O)[C@@H]1[C@H](C(=O)NCc2ccc(F)cc2)[C@H]2C=C[C@H]1O2. The lowest BCUT2D eigenvalue weighted by Gasteiger charge is -2.21. The predicted molar refractivity (Wildman–Crippen MR) is 70.7 cm³/mol. The van der Waals surface area contributed by atoms with E-state index in [2.05, 4.69) is 5.32 Å². The fourth-order valence-corrected chi connectivity index (χ4v) is 2.82. The third-order valence-corrected chi connectivity index (χ3v) is 3.87. The van der Waals surface area contributed by atoms with E-state index in [4.69, 9.17) is 4.74 Å². The van der Waals surface area contributed by atoms with Gasteiger partial charge in [0.2, 0.25) is 5.91 Å². The summed E-state index contributed by atoms with van der Waals surface area (Å²) >= 11 is 0. The molecule has 1 saturated heterocycles. The molecule has 3 rings (SSSR count). The molecule has 2 N–H and O–H groups in total. The van der Waals surface area contributed by atoms with E-state index in [-0.39, 0.29) is 18.3 Å². The monoisotopic (exact) mass is 291 g/mol. The van der Waals surface area contributed by atoms with Crippen LogP contribution in [0.2, 0.25) is 0 Å². The Kier molecular flexibility index (Phi) is 3.47. The Morgan fingerprint density at radius 1 is 1.14 bits per heavy atom. The summed E-state index contributed by atoms with van der Waals surface area (Å²) in [5.74, 6) is -3.31. The predicted octanol–water partition coefficient (Wildman–Crippen LogP) is 1.10. The fourth-order valence-electron chi connectivity index (χ4n) is 2.82. The second-order valence-corrected chi connectivity index (χ2v) is 5.18. The second-order valence-electron chi connectivity index (χ2n) is 5.18. The number of hydrogen-bond donors (Lipinski definition) is 2. The summed E-state index contributed by atoms with van der Waals surface area (Å²) < 4.78 is 18.2. The van der Waals surface area contributed by atoms with Gasteiger partial charge in [0.15, 0.2) is 0 Å². The molecule has 1 aromatic rings. The van der Waals surface area contributed by atoms with Crippen LogP contribution in [-0.2, 0) is 20.9 Å². The van der Waals surface area contributed by atoms with Crippen LogP contribution in [0.5, 0.6) is 0 Å². The van der Waals surface area contributed by atoms with E-state index in [0.717, 1.165) is 5.56 Å². The average molecular weight is 291 g/mol. The van der Waals surface area contributed by atoms with Crippen LogP contribution in [-0.4, -0.2) is 29.2 Å². The first-order chi connectivity index (χ1) is 10.1. The van der Waals surface area contributed by atoms with Crippen LogP contribution in [0.3, 0.4) is 0 Å². The summed E-state index contributed by atoms with van der Waals surface area (Å²) in [5, 5.41) is 11.9. The first kappa shape index (κ1) is 13.8. The molecule has 2 aliphatic heterocycles. The first-order valence-corrected chi connectivity index (χ1v) is 6.65. The van der Waals surface area contributed by atoms with Crippen molar-refractivity contribution in [2.45, 2.75) is 18.8 Å². The quantitative estimate of drug-likeness (QED) is 0.814. The summed E-state index contributed by atoms with van der Waals surface area (Å²) in [6, 6.07) is 5.76. The molecule has 0 saturated carbocycles.